The molecule has 0 saturated carbocycles. The van der Waals surface area contributed by atoms with Crippen LogP contribution in [-0.4, -0.2) is 26.3 Å². The number of ether oxygens (including phenoxy) is 1. The van der Waals surface area contributed by atoms with Gasteiger partial charge in [0.15, 0.2) is 0 Å². The van der Waals surface area contributed by atoms with Crippen LogP contribution in [0.4, 0.5) is 0 Å². The zero-order chi connectivity index (χ0) is 10.7. The van der Waals surface area contributed by atoms with Crippen molar-refractivity contribution in [2.24, 2.45) is 0 Å². The predicted molar refractivity (Wildman–Crippen MR) is 62.9 cm³/mol. The van der Waals surface area contributed by atoms with E-state index in [-0.39, 0.29) is 0 Å². The fourth-order valence-electron chi connectivity index (χ4n) is 1.69. The number of benzene rings is 1. The average Bonchev–Trinajstić information content (AvgIpc) is 2.50. The van der Waals surface area contributed by atoms with Crippen LogP contribution in [0, 0.1) is 0 Å². The Labute approximate surface area is 99.5 Å². The summed E-state index contributed by atoms with van der Waals surface area (Å²) in [6, 6.07) is 5.77. The first-order chi connectivity index (χ1) is 7.27. The highest BCUT2D eigenvalue weighted by molar-refractivity contribution is 6.42. The molecule has 1 fully saturated rings. The maximum Gasteiger partial charge on any atom is 0.0595 e. The summed E-state index contributed by atoms with van der Waals surface area (Å²) in [6.07, 6.45) is 0. The van der Waals surface area contributed by atoms with Gasteiger partial charge in [-0.3, -0.25) is 0 Å². The molecule has 15 heavy (non-hydrogen) atoms. The second-order valence-electron chi connectivity index (χ2n) is 3.65. The normalized spacial score (nSPS) is 22.4. The lowest BCUT2D eigenvalue weighted by atomic mass is 10.0. The number of nitrogens with one attached hydrogen (secondary N) is 1. The number of rotatable bonds is 1. The van der Waals surface area contributed by atoms with Crippen molar-refractivity contribution in [2.75, 3.05) is 26.3 Å². The van der Waals surface area contributed by atoms with Crippen LogP contribution in [0.25, 0.3) is 0 Å². The highest BCUT2D eigenvalue weighted by Gasteiger charge is 2.15. The molecule has 2 rings (SSSR count). The van der Waals surface area contributed by atoms with Crippen LogP contribution in [0.1, 0.15) is 11.5 Å². The second-order valence-corrected chi connectivity index (χ2v) is 4.46. The van der Waals surface area contributed by atoms with Gasteiger partial charge in [0.1, 0.15) is 0 Å². The number of hydrogen-bond donors (Lipinski definition) is 1. The molecule has 1 aliphatic rings. The van der Waals surface area contributed by atoms with Crippen LogP contribution >= 0.6 is 23.2 Å². The Morgan fingerprint density at radius 1 is 1.27 bits per heavy atom. The van der Waals surface area contributed by atoms with Gasteiger partial charge in [-0.25, -0.2) is 0 Å². The summed E-state index contributed by atoms with van der Waals surface area (Å²) in [5.74, 6) is 0.363. The molecule has 0 bridgehead atoms. The van der Waals surface area contributed by atoms with E-state index in [0.717, 1.165) is 26.3 Å². The third-order valence-corrected chi connectivity index (χ3v) is 3.29. The Kier molecular flexibility index (Phi) is 3.87. The van der Waals surface area contributed by atoms with E-state index >= 15 is 0 Å². The summed E-state index contributed by atoms with van der Waals surface area (Å²) in [5.41, 5.74) is 1.18. The minimum absolute atomic E-state index is 0.363. The van der Waals surface area contributed by atoms with Gasteiger partial charge < -0.3 is 10.1 Å². The molecule has 0 spiro atoms. The fourth-order valence-corrected chi connectivity index (χ4v) is 1.99. The van der Waals surface area contributed by atoms with E-state index < -0.39 is 0 Å². The van der Waals surface area contributed by atoms with Gasteiger partial charge in [-0.1, -0.05) is 29.3 Å². The summed E-state index contributed by atoms with van der Waals surface area (Å²) >= 11 is 11.9. The Morgan fingerprint density at radius 2 is 2.13 bits per heavy atom. The maximum absolute atomic E-state index is 5.98. The zero-order valence-corrected chi connectivity index (χ0v) is 9.81. The predicted octanol–water partition coefficient (Wildman–Crippen LogP) is 2.70. The van der Waals surface area contributed by atoms with Crippen molar-refractivity contribution >= 4 is 23.2 Å². The third-order valence-electron chi connectivity index (χ3n) is 2.55. The highest BCUT2D eigenvalue weighted by atomic mass is 35.5. The van der Waals surface area contributed by atoms with Crippen molar-refractivity contribution in [2.45, 2.75) is 5.92 Å². The number of halogens is 2. The van der Waals surface area contributed by atoms with E-state index in [1.807, 2.05) is 18.2 Å². The lowest BCUT2D eigenvalue weighted by Crippen LogP contribution is -2.21. The van der Waals surface area contributed by atoms with Crippen LogP contribution in [0.3, 0.4) is 0 Å². The van der Waals surface area contributed by atoms with Gasteiger partial charge in [-0.15, -0.1) is 0 Å². The summed E-state index contributed by atoms with van der Waals surface area (Å²) < 4.78 is 5.49. The molecule has 1 aliphatic heterocycles. The maximum atomic E-state index is 5.98. The van der Waals surface area contributed by atoms with E-state index in [1.54, 1.807) is 0 Å². The van der Waals surface area contributed by atoms with Crippen LogP contribution in [-0.2, 0) is 4.74 Å². The van der Waals surface area contributed by atoms with Gasteiger partial charge in [-0.05, 0) is 17.7 Å². The van der Waals surface area contributed by atoms with Crippen molar-refractivity contribution in [1.29, 1.82) is 0 Å². The molecule has 0 unspecified atom stereocenters. The molecule has 1 saturated heterocycles. The van der Waals surface area contributed by atoms with Crippen molar-refractivity contribution < 1.29 is 4.74 Å². The lowest BCUT2D eigenvalue weighted by Gasteiger charge is -2.14. The monoisotopic (exact) mass is 245 g/mol. The first-order valence-corrected chi connectivity index (χ1v) is 5.76. The summed E-state index contributed by atoms with van der Waals surface area (Å²) in [6.45, 7) is 3.36. The summed E-state index contributed by atoms with van der Waals surface area (Å²) in [7, 11) is 0. The largest absolute Gasteiger partial charge is 0.379 e. The smallest absolute Gasteiger partial charge is 0.0595 e. The Bertz CT molecular complexity index is 335. The standard InChI is InChI=1S/C11H13Cl2NO/c12-10-2-1-8(5-11(10)13)9-6-14-3-4-15-7-9/h1-2,5,9,14H,3-4,6-7H2/t9-/m1/s1. The quantitative estimate of drug-likeness (QED) is 0.822. The second kappa shape index (κ2) is 5.17. The van der Waals surface area contributed by atoms with Gasteiger partial charge in [0, 0.05) is 19.0 Å². The average molecular weight is 246 g/mol. The van der Waals surface area contributed by atoms with Crippen LogP contribution in [0.5, 0.6) is 0 Å². The van der Waals surface area contributed by atoms with Crippen molar-refractivity contribution in [3.05, 3.63) is 33.8 Å². The van der Waals surface area contributed by atoms with Gasteiger partial charge in [-0.2, -0.15) is 0 Å². The minimum Gasteiger partial charge on any atom is -0.379 e. The van der Waals surface area contributed by atoms with Crippen molar-refractivity contribution in [3.8, 4) is 0 Å². The topological polar surface area (TPSA) is 21.3 Å². The Balaban J connectivity index is 2.16. The van der Waals surface area contributed by atoms with E-state index in [0.29, 0.717) is 16.0 Å². The SMILES string of the molecule is Clc1ccc([C@@H]2CNCCOC2)cc1Cl. The van der Waals surface area contributed by atoms with Gasteiger partial charge >= 0.3 is 0 Å². The van der Waals surface area contributed by atoms with E-state index in [4.69, 9.17) is 27.9 Å². The molecule has 4 heteroatoms. The molecule has 1 aromatic rings. The van der Waals surface area contributed by atoms with Crippen LogP contribution < -0.4 is 5.32 Å². The van der Waals surface area contributed by atoms with Gasteiger partial charge in [0.25, 0.3) is 0 Å². The third kappa shape index (κ3) is 2.85. The van der Waals surface area contributed by atoms with E-state index in [2.05, 4.69) is 5.32 Å². The summed E-state index contributed by atoms with van der Waals surface area (Å²) in [4.78, 5) is 0. The molecule has 1 aromatic carbocycles. The van der Waals surface area contributed by atoms with E-state index in [9.17, 15) is 0 Å². The zero-order valence-electron chi connectivity index (χ0n) is 8.30. The molecular weight excluding hydrogens is 233 g/mol. The molecule has 82 valence electrons. The molecule has 2 nitrogen and oxygen atoms in total. The highest BCUT2D eigenvalue weighted by Crippen LogP contribution is 2.26. The molecule has 1 atom stereocenters. The molecular formula is C11H13Cl2NO. The Morgan fingerprint density at radius 3 is 2.93 bits per heavy atom. The van der Waals surface area contributed by atoms with Crippen molar-refractivity contribution in [1.82, 2.24) is 5.32 Å². The molecule has 0 amide bonds. The first-order valence-electron chi connectivity index (χ1n) is 5.01. The molecule has 0 radical (unpaired) electrons. The Hall–Kier alpha value is -0.280. The molecule has 0 aliphatic carbocycles. The first kappa shape index (κ1) is 11.2. The molecule has 1 heterocycles. The molecule has 1 N–H and O–H groups in total. The lowest BCUT2D eigenvalue weighted by molar-refractivity contribution is 0.141. The van der Waals surface area contributed by atoms with Crippen molar-refractivity contribution in [3.63, 3.8) is 0 Å². The van der Waals surface area contributed by atoms with E-state index in [1.165, 1.54) is 5.56 Å². The molecule has 0 aromatic heterocycles. The van der Waals surface area contributed by atoms with Gasteiger partial charge in [0.2, 0.25) is 0 Å². The minimum atomic E-state index is 0.363. The summed E-state index contributed by atoms with van der Waals surface area (Å²) in [5, 5.41) is 4.54. The fraction of sp³-hybridized carbons (Fsp3) is 0.455. The van der Waals surface area contributed by atoms with Crippen LogP contribution in [0.2, 0.25) is 10.0 Å². The van der Waals surface area contributed by atoms with Gasteiger partial charge in [0.05, 0.1) is 23.3 Å². The van der Waals surface area contributed by atoms with Crippen LogP contribution in [0.15, 0.2) is 18.2 Å². The number of hydrogen-bond acceptors (Lipinski definition) is 2.